The van der Waals surface area contributed by atoms with E-state index in [-0.39, 0.29) is 11.1 Å². The molecule has 1 saturated carbocycles. The second kappa shape index (κ2) is 5.41. The number of nitrogens with one attached hydrogen (secondary N) is 1. The van der Waals surface area contributed by atoms with E-state index < -0.39 is 0 Å². The molecule has 116 valence electrons. The van der Waals surface area contributed by atoms with Crippen LogP contribution >= 0.6 is 0 Å². The molecule has 0 aromatic heterocycles. The van der Waals surface area contributed by atoms with Crippen molar-refractivity contribution in [3.8, 4) is 17.2 Å². The van der Waals surface area contributed by atoms with Gasteiger partial charge in [0.25, 0.3) is 0 Å². The Balaban J connectivity index is 1.61. The molecular weight excluding hydrogens is 266 g/mol. The summed E-state index contributed by atoms with van der Waals surface area (Å²) in [5, 5.41) is 3.55. The van der Waals surface area contributed by atoms with Gasteiger partial charge in [-0.05, 0) is 65.1 Å². The topological polar surface area (TPSA) is 39.7 Å². The fourth-order valence-electron chi connectivity index (χ4n) is 2.83. The third-order valence-electron chi connectivity index (χ3n) is 4.18. The van der Waals surface area contributed by atoms with Crippen LogP contribution in [0.2, 0.25) is 0 Å². The van der Waals surface area contributed by atoms with Crippen LogP contribution in [-0.2, 0) is 0 Å². The molecule has 1 aromatic rings. The first-order valence-corrected chi connectivity index (χ1v) is 7.80. The van der Waals surface area contributed by atoms with Crippen molar-refractivity contribution in [2.75, 3.05) is 13.3 Å². The Morgan fingerprint density at radius 1 is 1.19 bits per heavy atom. The molecule has 0 saturated heterocycles. The quantitative estimate of drug-likeness (QED) is 0.901. The lowest BCUT2D eigenvalue weighted by molar-refractivity contribution is -0.0153. The number of rotatable bonds is 5. The molecule has 1 fully saturated rings. The van der Waals surface area contributed by atoms with Crippen LogP contribution in [-0.4, -0.2) is 24.5 Å². The van der Waals surface area contributed by atoms with Crippen LogP contribution in [0.1, 0.15) is 46.5 Å². The molecule has 0 atom stereocenters. The molecule has 3 rings (SSSR count). The fraction of sp³-hybridized carbons (Fsp3) is 0.647. The van der Waals surface area contributed by atoms with Crippen molar-refractivity contribution in [3.63, 3.8) is 0 Å². The van der Waals surface area contributed by atoms with Crippen molar-refractivity contribution in [3.05, 3.63) is 18.2 Å². The first-order chi connectivity index (χ1) is 9.96. The number of hydrogen-bond donors (Lipinski definition) is 1. The molecule has 0 bridgehead atoms. The van der Waals surface area contributed by atoms with Crippen molar-refractivity contribution >= 4 is 0 Å². The minimum Gasteiger partial charge on any atom is -0.487 e. The lowest BCUT2D eigenvalue weighted by Gasteiger charge is -2.42. The Morgan fingerprint density at radius 3 is 2.62 bits per heavy atom. The van der Waals surface area contributed by atoms with Crippen molar-refractivity contribution in [2.24, 2.45) is 0 Å². The maximum atomic E-state index is 6.30. The summed E-state index contributed by atoms with van der Waals surface area (Å²) >= 11 is 0. The Kier molecular flexibility index (Phi) is 3.74. The maximum Gasteiger partial charge on any atom is 0.231 e. The molecule has 21 heavy (non-hydrogen) atoms. The van der Waals surface area contributed by atoms with Gasteiger partial charge in [0.15, 0.2) is 11.5 Å². The zero-order valence-corrected chi connectivity index (χ0v) is 13.2. The zero-order valence-electron chi connectivity index (χ0n) is 13.2. The summed E-state index contributed by atoms with van der Waals surface area (Å²) in [6.45, 7) is 7.87. The van der Waals surface area contributed by atoms with Gasteiger partial charge in [-0.1, -0.05) is 0 Å². The average molecular weight is 291 g/mol. The van der Waals surface area contributed by atoms with Gasteiger partial charge in [-0.15, -0.1) is 0 Å². The van der Waals surface area contributed by atoms with E-state index in [0.29, 0.717) is 6.79 Å². The molecular formula is C17H25NO3. The molecule has 0 amide bonds. The van der Waals surface area contributed by atoms with E-state index in [0.717, 1.165) is 43.1 Å². The van der Waals surface area contributed by atoms with E-state index >= 15 is 0 Å². The first kappa shape index (κ1) is 14.5. The molecule has 1 N–H and O–H groups in total. The Bertz CT molecular complexity index is 503. The van der Waals surface area contributed by atoms with Crippen LogP contribution in [0.3, 0.4) is 0 Å². The minimum atomic E-state index is -0.00799. The number of benzene rings is 1. The fourth-order valence-corrected chi connectivity index (χ4v) is 2.83. The lowest BCUT2D eigenvalue weighted by Crippen LogP contribution is -2.47. The van der Waals surface area contributed by atoms with E-state index in [4.69, 9.17) is 14.2 Å². The summed E-state index contributed by atoms with van der Waals surface area (Å²) in [7, 11) is 0. The van der Waals surface area contributed by atoms with Gasteiger partial charge in [-0.3, -0.25) is 0 Å². The molecule has 1 heterocycles. The highest BCUT2D eigenvalue weighted by Crippen LogP contribution is 2.42. The average Bonchev–Trinajstić information content (AvgIpc) is 2.81. The maximum absolute atomic E-state index is 6.30. The second-order valence-corrected chi connectivity index (χ2v) is 7.08. The summed E-state index contributed by atoms with van der Waals surface area (Å²) in [6, 6.07) is 5.85. The number of fused-ring (bicyclic) bond motifs is 1. The molecule has 1 aromatic carbocycles. The van der Waals surface area contributed by atoms with Gasteiger partial charge in [0.1, 0.15) is 11.4 Å². The lowest BCUT2D eigenvalue weighted by atomic mass is 9.77. The largest absolute Gasteiger partial charge is 0.487 e. The van der Waals surface area contributed by atoms with Gasteiger partial charge in [0.2, 0.25) is 6.79 Å². The third-order valence-corrected chi connectivity index (χ3v) is 4.18. The standard InChI is InChI=1S/C17H25NO3/c1-16(2,3)18-10-9-17(7-4-8-17)21-13-5-6-14-15(11-13)20-12-19-14/h5-6,11,18H,4,7-10,12H2,1-3H3. The molecule has 1 aliphatic heterocycles. The van der Waals surface area contributed by atoms with Crippen LogP contribution in [0, 0.1) is 0 Å². The smallest absolute Gasteiger partial charge is 0.231 e. The highest BCUT2D eigenvalue weighted by Gasteiger charge is 2.39. The monoisotopic (exact) mass is 291 g/mol. The highest BCUT2D eigenvalue weighted by molar-refractivity contribution is 5.47. The molecule has 4 nitrogen and oxygen atoms in total. The van der Waals surface area contributed by atoms with Crippen LogP contribution in [0.5, 0.6) is 17.2 Å². The van der Waals surface area contributed by atoms with Crippen molar-refractivity contribution in [1.82, 2.24) is 5.32 Å². The summed E-state index contributed by atoms with van der Waals surface area (Å²) in [4.78, 5) is 0. The molecule has 1 aliphatic carbocycles. The molecule has 2 aliphatic rings. The van der Waals surface area contributed by atoms with Gasteiger partial charge >= 0.3 is 0 Å². The van der Waals surface area contributed by atoms with E-state index in [2.05, 4.69) is 26.1 Å². The van der Waals surface area contributed by atoms with E-state index in [1.54, 1.807) is 0 Å². The molecule has 0 unspecified atom stereocenters. The minimum absolute atomic E-state index is 0.00799. The van der Waals surface area contributed by atoms with Crippen molar-refractivity contribution < 1.29 is 14.2 Å². The van der Waals surface area contributed by atoms with Crippen LogP contribution < -0.4 is 19.5 Å². The van der Waals surface area contributed by atoms with E-state index in [1.165, 1.54) is 6.42 Å². The summed E-state index contributed by atoms with van der Waals surface area (Å²) in [6.07, 6.45) is 4.55. The third kappa shape index (κ3) is 3.43. The molecule has 0 radical (unpaired) electrons. The van der Waals surface area contributed by atoms with Gasteiger partial charge < -0.3 is 19.5 Å². The van der Waals surface area contributed by atoms with Crippen molar-refractivity contribution in [1.29, 1.82) is 0 Å². The van der Waals surface area contributed by atoms with E-state index in [9.17, 15) is 0 Å². The van der Waals surface area contributed by atoms with Crippen molar-refractivity contribution in [2.45, 2.75) is 57.6 Å². The van der Waals surface area contributed by atoms with Crippen LogP contribution in [0.4, 0.5) is 0 Å². The Hall–Kier alpha value is -1.42. The summed E-state index contributed by atoms with van der Waals surface area (Å²) in [5.74, 6) is 2.48. The number of ether oxygens (including phenoxy) is 3. The molecule has 0 spiro atoms. The van der Waals surface area contributed by atoms with Gasteiger partial charge in [0.05, 0.1) is 0 Å². The Labute approximate surface area is 126 Å². The Morgan fingerprint density at radius 2 is 1.95 bits per heavy atom. The zero-order chi connectivity index (χ0) is 14.9. The molecule has 4 heteroatoms. The van der Waals surface area contributed by atoms with Gasteiger partial charge in [-0.2, -0.15) is 0 Å². The number of hydrogen-bond acceptors (Lipinski definition) is 4. The first-order valence-electron chi connectivity index (χ1n) is 7.80. The second-order valence-electron chi connectivity index (χ2n) is 7.08. The van der Waals surface area contributed by atoms with Crippen LogP contribution in [0.15, 0.2) is 18.2 Å². The SMILES string of the molecule is CC(C)(C)NCCC1(Oc2ccc3c(c2)OCO3)CCC1. The van der Waals surface area contributed by atoms with Gasteiger partial charge in [-0.25, -0.2) is 0 Å². The predicted molar refractivity (Wildman–Crippen MR) is 82.1 cm³/mol. The normalized spacial score (nSPS) is 19.2. The predicted octanol–water partition coefficient (Wildman–Crippen LogP) is 3.50. The summed E-state index contributed by atoms with van der Waals surface area (Å²) in [5.41, 5.74) is 0.148. The highest BCUT2D eigenvalue weighted by atomic mass is 16.7. The summed E-state index contributed by atoms with van der Waals surface area (Å²) < 4.78 is 17.1. The van der Waals surface area contributed by atoms with E-state index in [1.807, 2.05) is 18.2 Å². The van der Waals surface area contributed by atoms with Gasteiger partial charge in [0, 0.05) is 11.6 Å². The van der Waals surface area contributed by atoms with Crippen LogP contribution in [0.25, 0.3) is 0 Å².